The standard InChI is InChI=1S/C24H21ClN2O4S/c1-2-32(30,31)27-19-13-11-18(12-14-19)23(28)15-10-17-6-5-7-20(16-17)26-24(29)21-8-3-4-9-22(21)25/h3-16,27H,2H2,1H3,(H,26,29)/b15-10+. The van der Waals surface area contributed by atoms with Gasteiger partial charge in [-0.3, -0.25) is 14.3 Å². The number of carbonyl (C=O) groups excluding carboxylic acids is 2. The summed E-state index contributed by atoms with van der Waals surface area (Å²) in [6, 6.07) is 20.0. The van der Waals surface area contributed by atoms with E-state index in [1.54, 1.807) is 85.8 Å². The highest BCUT2D eigenvalue weighted by atomic mass is 35.5. The topological polar surface area (TPSA) is 92.3 Å². The van der Waals surface area contributed by atoms with Crippen LogP contribution in [0.2, 0.25) is 5.02 Å². The van der Waals surface area contributed by atoms with Crippen LogP contribution in [0.5, 0.6) is 0 Å². The van der Waals surface area contributed by atoms with Gasteiger partial charge in [0.2, 0.25) is 10.0 Å². The van der Waals surface area contributed by atoms with Crippen LogP contribution in [-0.4, -0.2) is 25.9 Å². The molecular weight excluding hydrogens is 448 g/mol. The molecule has 0 heterocycles. The molecule has 0 spiro atoms. The lowest BCUT2D eigenvalue weighted by Crippen LogP contribution is -2.14. The molecule has 0 bridgehead atoms. The van der Waals surface area contributed by atoms with E-state index in [1.807, 2.05) is 0 Å². The van der Waals surface area contributed by atoms with Crippen LogP contribution in [0.1, 0.15) is 33.2 Å². The van der Waals surface area contributed by atoms with E-state index in [4.69, 9.17) is 11.6 Å². The molecule has 6 nitrogen and oxygen atoms in total. The summed E-state index contributed by atoms with van der Waals surface area (Å²) in [6.07, 6.45) is 3.06. The third kappa shape index (κ3) is 6.29. The second-order valence-corrected chi connectivity index (χ2v) is 9.26. The van der Waals surface area contributed by atoms with Gasteiger partial charge in [-0.1, -0.05) is 41.9 Å². The lowest BCUT2D eigenvalue weighted by molar-refractivity contribution is 0.102. The van der Waals surface area contributed by atoms with Crippen molar-refractivity contribution in [3.8, 4) is 0 Å². The van der Waals surface area contributed by atoms with Gasteiger partial charge in [-0.2, -0.15) is 0 Å². The molecule has 0 aliphatic carbocycles. The number of sulfonamides is 1. The number of carbonyl (C=O) groups is 2. The van der Waals surface area contributed by atoms with E-state index in [1.165, 1.54) is 6.08 Å². The van der Waals surface area contributed by atoms with Gasteiger partial charge in [0, 0.05) is 16.9 Å². The molecule has 0 unspecified atom stereocenters. The number of hydrogen-bond donors (Lipinski definition) is 2. The Morgan fingerprint density at radius 1 is 0.938 bits per heavy atom. The van der Waals surface area contributed by atoms with E-state index in [0.29, 0.717) is 27.5 Å². The van der Waals surface area contributed by atoms with Crippen molar-refractivity contribution in [1.29, 1.82) is 0 Å². The van der Waals surface area contributed by atoms with Crippen molar-refractivity contribution in [2.45, 2.75) is 6.92 Å². The first-order valence-corrected chi connectivity index (χ1v) is 11.8. The van der Waals surface area contributed by atoms with Crippen LogP contribution < -0.4 is 10.0 Å². The molecule has 0 saturated heterocycles. The third-order valence-corrected chi connectivity index (χ3v) is 6.15. The van der Waals surface area contributed by atoms with Crippen molar-refractivity contribution >= 4 is 50.8 Å². The van der Waals surface area contributed by atoms with Gasteiger partial charge in [-0.15, -0.1) is 0 Å². The highest BCUT2D eigenvalue weighted by Crippen LogP contribution is 2.19. The number of ketones is 1. The SMILES string of the molecule is CCS(=O)(=O)Nc1ccc(C(=O)/C=C/c2cccc(NC(=O)c3ccccc3Cl)c2)cc1. The summed E-state index contributed by atoms with van der Waals surface area (Å²) in [5.41, 5.74) is 2.48. The molecule has 3 aromatic rings. The van der Waals surface area contributed by atoms with Crippen molar-refractivity contribution in [2.75, 3.05) is 15.8 Å². The molecule has 3 aromatic carbocycles. The smallest absolute Gasteiger partial charge is 0.257 e. The van der Waals surface area contributed by atoms with Crippen molar-refractivity contribution in [2.24, 2.45) is 0 Å². The Hall–Kier alpha value is -3.42. The Morgan fingerprint density at radius 2 is 1.66 bits per heavy atom. The molecule has 8 heteroatoms. The summed E-state index contributed by atoms with van der Waals surface area (Å²) >= 11 is 6.06. The largest absolute Gasteiger partial charge is 0.322 e. The quantitative estimate of drug-likeness (QED) is 0.349. The second kappa shape index (κ2) is 10.3. The maximum Gasteiger partial charge on any atom is 0.257 e. The first kappa shape index (κ1) is 23.2. The van der Waals surface area contributed by atoms with Gasteiger partial charge in [0.15, 0.2) is 5.78 Å². The van der Waals surface area contributed by atoms with E-state index in [2.05, 4.69) is 10.0 Å². The van der Waals surface area contributed by atoms with E-state index < -0.39 is 10.0 Å². The number of hydrogen-bond acceptors (Lipinski definition) is 4. The van der Waals surface area contributed by atoms with Crippen LogP contribution in [0.15, 0.2) is 78.9 Å². The molecule has 32 heavy (non-hydrogen) atoms. The molecule has 0 aliphatic rings. The Balaban J connectivity index is 1.67. The minimum atomic E-state index is -3.37. The first-order valence-electron chi connectivity index (χ1n) is 9.76. The summed E-state index contributed by atoms with van der Waals surface area (Å²) in [7, 11) is -3.37. The lowest BCUT2D eigenvalue weighted by atomic mass is 10.1. The number of benzene rings is 3. The fourth-order valence-electron chi connectivity index (χ4n) is 2.79. The lowest BCUT2D eigenvalue weighted by Gasteiger charge is -2.07. The molecule has 0 radical (unpaired) electrons. The summed E-state index contributed by atoms with van der Waals surface area (Å²) < 4.78 is 25.7. The van der Waals surface area contributed by atoms with E-state index in [9.17, 15) is 18.0 Å². The Labute approximate surface area is 192 Å². The highest BCUT2D eigenvalue weighted by molar-refractivity contribution is 7.92. The van der Waals surface area contributed by atoms with Crippen LogP contribution >= 0.6 is 11.6 Å². The Kier molecular flexibility index (Phi) is 7.45. The predicted octanol–water partition coefficient (Wildman–Crippen LogP) is 5.25. The van der Waals surface area contributed by atoms with Crippen LogP contribution in [-0.2, 0) is 10.0 Å². The molecule has 0 aliphatic heterocycles. The summed E-state index contributed by atoms with van der Waals surface area (Å²) in [4.78, 5) is 24.9. The van der Waals surface area contributed by atoms with Gasteiger partial charge >= 0.3 is 0 Å². The Bertz CT molecular complexity index is 1270. The molecule has 164 valence electrons. The Morgan fingerprint density at radius 3 is 2.34 bits per heavy atom. The normalized spacial score (nSPS) is 11.3. The van der Waals surface area contributed by atoms with Gasteiger partial charge in [-0.05, 0) is 67.1 Å². The maximum atomic E-state index is 12.4. The third-order valence-electron chi connectivity index (χ3n) is 4.51. The number of halogens is 1. The number of rotatable bonds is 8. The number of allylic oxidation sites excluding steroid dienone is 1. The fraction of sp³-hybridized carbons (Fsp3) is 0.0833. The van der Waals surface area contributed by atoms with Crippen molar-refractivity contribution in [3.05, 3.63) is 101 Å². The zero-order valence-electron chi connectivity index (χ0n) is 17.2. The number of amides is 1. The van der Waals surface area contributed by atoms with Crippen LogP contribution in [0.25, 0.3) is 6.08 Å². The zero-order chi connectivity index (χ0) is 23.1. The van der Waals surface area contributed by atoms with E-state index in [0.717, 1.165) is 5.56 Å². The minimum absolute atomic E-state index is 0.0334. The zero-order valence-corrected chi connectivity index (χ0v) is 18.8. The molecule has 0 aromatic heterocycles. The van der Waals surface area contributed by atoms with Crippen LogP contribution in [0.3, 0.4) is 0 Å². The molecular formula is C24H21ClN2O4S. The fourth-order valence-corrected chi connectivity index (χ4v) is 3.65. The molecule has 2 N–H and O–H groups in total. The molecule has 0 saturated carbocycles. The maximum absolute atomic E-state index is 12.4. The van der Waals surface area contributed by atoms with Crippen molar-refractivity contribution < 1.29 is 18.0 Å². The summed E-state index contributed by atoms with van der Waals surface area (Å²) in [5, 5.41) is 3.15. The van der Waals surface area contributed by atoms with Crippen LogP contribution in [0.4, 0.5) is 11.4 Å². The average molecular weight is 469 g/mol. The number of anilines is 2. The second-order valence-electron chi connectivity index (χ2n) is 6.84. The molecule has 1 amide bonds. The minimum Gasteiger partial charge on any atom is -0.322 e. The van der Waals surface area contributed by atoms with Crippen molar-refractivity contribution in [1.82, 2.24) is 0 Å². The van der Waals surface area contributed by atoms with E-state index >= 15 is 0 Å². The van der Waals surface area contributed by atoms with Gasteiger partial charge in [-0.25, -0.2) is 8.42 Å². The monoisotopic (exact) mass is 468 g/mol. The van der Waals surface area contributed by atoms with Gasteiger partial charge in [0.1, 0.15) is 0 Å². The first-order chi connectivity index (χ1) is 15.3. The van der Waals surface area contributed by atoms with Crippen molar-refractivity contribution in [3.63, 3.8) is 0 Å². The highest BCUT2D eigenvalue weighted by Gasteiger charge is 2.10. The molecule has 3 rings (SSSR count). The van der Waals surface area contributed by atoms with Gasteiger partial charge in [0.05, 0.1) is 16.3 Å². The summed E-state index contributed by atoms with van der Waals surface area (Å²) in [6.45, 7) is 1.54. The van der Waals surface area contributed by atoms with Crippen LogP contribution in [0, 0.1) is 0 Å². The van der Waals surface area contributed by atoms with Gasteiger partial charge < -0.3 is 5.32 Å². The molecule has 0 atom stereocenters. The molecule has 0 fully saturated rings. The average Bonchev–Trinajstić information content (AvgIpc) is 2.78. The number of nitrogens with one attached hydrogen (secondary N) is 2. The summed E-state index contributed by atoms with van der Waals surface area (Å²) in [5.74, 6) is -0.596. The van der Waals surface area contributed by atoms with E-state index in [-0.39, 0.29) is 17.4 Å². The predicted molar refractivity (Wildman–Crippen MR) is 129 cm³/mol. The van der Waals surface area contributed by atoms with Gasteiger partial charge in [0.25, 0.3) is 5.91 Å².